The molecule has 122 valence electrons. The second-order valence-electron chi connectivity index (χ2n) is 4.56. The molecule has 0 heterocycles. The fraction of sp³-hybridized carbons (Fsp3) is 0.0769. The number of methoxy groups -OCH3 is 1. The highest BCUT2D eigenvalue weighted by molar-refractivity contribution is 7.89. The average Bonchev–Trinajstić information content (AvgIpc) is 2.46. The molecule has 0 spiro atoms. The topological polar surface area (TPSA) is 151 Å². The molecule has 9 nitrogen and oxygen atoms in total. The summed E-state index contributed by atoms with van der Waals surface area (Å²) < 4.78 is 28.3. The zero-order valence-electron chi connectivity index (χ0n) is 12.0. The van der Waals surface area contributed by atoms with Gasteiger partial charge in [0.1, 0.15) is 10.6 Å². The average molecular weight is 338 g/mol. The number of nitrogens with zero attached hydrogens (tertiary/aromatic N) is 1. The Labute approximate surface area is 132 Å². The van der Waals surface area contributed by atoms with Gasteiger partial charge in [0.05, 0.1) is 23.4 Å². The second-order valence-corrected chi connectivity index (χ2v) is 6.09. The third kappa shape index (κ3) is 3.67. The number of primary sulfonamides is 1. The number of hydrogen-bond acceptors (Lipinski definition) is 7. The molecule has 10 heteroatoms. The van der Waals surface area contributed by atoms with Crippen LogP contribution >= 0.6 is 0 Å². The van der Waals surface area contributed by atoms with Crippen LogP contribution in [0.15, 0.2) is 41.3 Å². The van der Waals surface area contributed by atoms with Gasteiger partial charge in [-0.25, -0.2) is 13.6 Å². The van der Waals surface area contributed by atoms with Gasteiger partial charge < -0.3 is 15.8 Å². The molecule has 0 amide bonds. The molecule has 2 rings (SSSR count). The highest BCUT2D eigenvalue weighted by Crippen LogP contribution is 2.31. The van der Waals surface area contributed by atoms with Crippen molar-refractivity contribution in [1.29, 1.82) is 0 Å². The third-order valence-corrected chi connectivity index (χ3v) is 3.94. The largest absolute Gasteiger partial charge is 0.495 e. The van der Waals surface area contributed by atoms with Gasteiger partial charge in [0.2, 0.25) is 10.0 Å². The number of non-ortho nitro benzene ring substituents is 1. The minimum atomic E-state index is -4.16. The van der Waals surface area contributed by atoms with E-state index in [4.69, 9.17) is 15.6 Å². The Morgan fingerprint density at radius 1 is 1.22 bits per heavy atom. The van der Waals surface area contributed by atoms with Crippen molar-refractivity contribution < 1.29 is 18.1 Å². The lowest BCUT2D eigenvalue weighted by molar-refractivity contribution is -0.385. The van der Waals surface area contributed by atoms with Gasteiger partial charge in [0, 0.05) is 17.8 Å². The summed E-state index contributed by atoms with van der Waals surface area (Å²) in [4.78, 5) is 9.69. The van der Waals surface area contributed by atoms with Crippen molar-refractivity contribution in [2.45, 2.75) is 4.90 Å². The first-order valence-corrected chi connectivity index (χ1v) is 7.79. The third-order valence-electron chi connectivity index (χ3n) is 2.99. The predicted octanol–water partition coefficient (Wildman–Crippen LogP) is 1.58. The highest BCUT2D eigenvalue weighted by Gasteiger charge is 2.19. The second kappa shape index (κ2) is 6.10. The van der Waals surface area contributed by atoms with Gasteiger partial charge >= 0.3 is 0 Å². The molecule has 0 saturated carbocycles. The Balaban J connectivity index is 2.47. The van der Waals surface area contributed by atoms with Crippen LogP contribution in [0.1, 0.15) is 0 Å². The minimum Gasteiger partial charge on any atom is -0.495 e. The quantitative estimate of drug-likeness (QED) is 0.425. The molecule has 0 saturated heterocycles. The van der Waals surface area contributed by atoms with E-state index in [1.54, 1.807) is 12.1 Å². The van der Waals surface area contributed by atoms with Crippen LogP contribution in [0.5, 0.6) is 5.75 Å². The Morgan fingerprint density at radius 3 is 2.43 bits per heavy atom. The van der Waals surface area contributed by atoms with Crippen molar-refractivity contribution in [3.8, 4) is 5.75 Å². The fourth-order valence-corrected chi connectivity index (χ4v) is 2.64. The Morgan fingerprint density at radius 2 is 1.91 bits per heavy atom. The van der Waals surface area contributed by atoms with E-state index in [0.717, 1.165) is 6.07 Å². The number of rotatable bonds is 5. The number of nitrogen functional groups attached to an aromatic ring is 1. The normalized spacial score (nSPS) is 11.0. The van der Waals surface area contributed by atoms with Gasteiger partial charge in [-0.1, -0.05) is 0 Å². The summed E-state index contributed by atoms with van der Waals surface area (Å²) in [7, 11) is -2.69. The molecule has 0 bridgehead atoms. The van der Waals surface area contributed by atoms with E-state index in [9.17, 15) is 18.5 Å². The van der Waals surface area contributed by atoms with Gasteiger partial charge in [0.15, 0.2) is 0 Å². The number of nitro benzene ring substituents is 1. The summed E-state index contributed by atoms with van der Waals surface area (Å²) in [5.41, 5.74) is 6.31. The lowest BCUT2D eigenvalue weighted by Crippen LogP contribution is -2.14. The highest BCUT2D eigenvalue weighted by atomic mass is 32.2. The maximum atomic E-state index is 11.7. The van der Waals surface area contributed by atoms with Crippen LogP contribution in [0.2, 0.25) is 0 Å². The van der Waals surface area contributed by atoms with Crippen molar-refractivity contribution in [3.63, 3.8) is 0 Å². The fourth-order valence-electron chi connectivity index (χ4n) is 1.93. The molecule has 23 heavy (non-hydrogen) atoms. The van der Waals surface area contributed by atoms with E-state index >= 15 is 0 Å². The van der Waals surface area contributed by atoms with Gasteiger partial charge in [0.25, 0.3) is 5.69 Å². The molecule has 0 aliphatic carbocycles. The molecule has 0 aliphatic rings. The summed E-state index contributed by atoms with van der Waals surface area (Å²) in [6.07, 6.45) is 0. The molecule has 0 atom stereocenters. The number of hydrogen-bond donors (Lipinski definition) is 3. The number of anilines is 3. The molecular weight excluding hydrogens is 324 g/mol. The van der Waals surface area contributed by atoms with Crippen LogP contribution in [0, 0.1) is 10.1 Å². The molecule has 2 aromatic rings. The zero-order valence-corrected chi connectivity index (χ0v) is 12.8. The molecule has 0 aromatic heterocycles. The SMILES string of the molecule is COc1ccc(Nc2ccc([N+](=O)[O-])cc2S(N)(=O)=O)cc1N. The molecule has 0 aliphatic heterocycles. The number of nitrogens with one attached hydrogen (secondary N) is 1. The lowest BCUT2D eigenvalue weighted by atomic mass is 10.2. The monoisotopic (exact) mass is 338 g/mol. The number of nitro groups is 1. The molecule has 0 fully saturated rings. The summed E-state index contributed by atoms with van der Waals surface area (Å²) in [5.74, 6) is 0.464. The Kier molecular flexibility index (Phi) is 4.38. The molecular formula is C13H14N4O5S. The van der Waals surface area contributed by atoms with Crippen LogP contribution in [-0.4, -0.2) is 20.5 Å². The van der Waals surface area contributed by atoms with Crippen LogP contribution in [0.25, 0.3) is 0 Å². The number of sulfonamides is 1. The van der Waals surface area contributed by atoms with Gasteiger partial charge in [-0.05, 0) is 24.3 Å². The summed E-state index contributed by atoms with van der Waals surface area (Å²) in [5, 5.41) is 18.7. The molecule has 0 radical (unpaired) electrons. The van der Waals surface area contributed by atoms with Crippen molar-refractivity contribution in [1.82, 2.24) is 0 Å². The summed E-state index contributed by atoms with van der Waals surface area (Å²) >= 11 is 0. The van der Waals surface area contributed by atoms with E-state index in [1.165, 1.54) is 25.3 Å². The standard InChI is InChI=1S/C13H14N4O5S/c1-22-12-5-2-8(6-10(12)14)16-11-4-3-9(17(18)19)7-13(11)23(15,20)21/h2-7,16H,14H2,1H3,(H2,15,20,21). The van der Waals surface area contributed by atoms with Crippen molar-refractivity contribution in [2.24, 2.45) is 5.14 Å². The number of benzene rings is 2. The van der Waals surface area contributed by atoms with Gasteiger partial charge in [-0.2, -0.15) is 0 Å². The number of ether oxygens (including phenoxy) is 1. The Hall–Kier alpha value is -2.85. The first-order chi connectivity index (χ1) is 10.7. The molecule has 0 unspecified atom stereocenters. The Bertz CT molecular complexity index is 867. The lowest BCUT2D eigenvalue weighted by Gasteiger charge is -2.12. The predicted molar refractivity (Wildman–Crippen MR) is 85.2 cm³/mol. The first-order valence-electron chi connectivity index (χ1n) is 6.24. The molecule has 5 N–H and O–H groups in total. The smallest absolute Gasteiger partial charge is 0.270 e. The maximum Gasteiger partial charge on any atom is 0.270 e. The van der Waals surface area contributed by atoms with E-state index in [1.807, 2.05) is 0 Å². The first kappa shape index (κ1) is 16.5. The number of nitrogens with two attached hydrogens (primary N) is 2. The van der Waals surface area contributed by atoms with E-state index in [0.29, 0.717) is 17.1 Å². The maximum absolute atomic E-state index is 11.7. The van der Waals surface area contributed by atoms with Crippen LogP contribution < -0.4 is 20.9 Å². The van der Waals surface area contributed by atoms with Crippen LogP contribution in [0.3, 0.4) is 0 Å². The summed E-state index contributed by atoms with van der Waals surface area (Å²) in [6, 6.07) is 8.07. The van der Waals surface area contributed by atoms with Gasteiger partial charge in [-0.3, -0.25) is 10.1 Å². The zero-order chi connectivity index (χ0) is 17.2. The van der Waals surface area contributed by atoms with Crippen LogP contribution in [-0.2, 0) is 10.0 Å². The van der Waals surface area contributed by atoms with Crippen molar-refractivity contribution >= 4 is 32.8 Å². The van der Waals surface area contributed by atoms with E-state index in [2.05, 4.69) is 5.32 Å². The minimum absolute atomic E-state index is 0.0997. The van der Waals surface area contributed by atoms with Crippen LogP contribution in [0.4, 0.5) is 22.7 Å². The van der Waals surface area contributed by atoms with E-state index in [-0.39, 0.29) is 16.3 Å². The van der Waals surface area contributed by atoms with Gasteiger partial charge in [-0.15, -0.1) is 0 Å². The molecule has 2 aromatic carbocycles. The van der Waals surface area contributed by atoms with Crippen molar-refractivity contribution in [3.05, 3.63) is 46.5 Å². The van der Waals surface area contributed by atoms with E-state index < -0.39 is 14.9 Å². The van der Waals surface area contributed by atoms with Crippen molar-refractivity contribution in [2.75, 3.05) is 18.2 Å². The summed E-state index contributed by atoms with van der Waals surface area (Å²) in [6.45, 7) is 0.